The maximum absolute atomic E-state index is 4.52. The minimum Gasteiger partial charge on any atom is -0.338 e. The molecule has 3 rings (SSSR count). The summed E-state index contributed by atoms with van der Waals surface area (Å²) in [5.74, 6) is 1.69. The fourth-order valence-corrected chi connectivity index (χ4v) is 2.55. The van der Waals surface area contributed by atoms with Crippen LogP contribution in [0.5, 0.6) is 0 Å². The molecule has 3 heterocycles. The standard InChI is InChI=1S/C15H20N5.Li/c1-3-13-8-15(19-20(13)4-2)18-14-7-12-9-16-6-5-11(12)10-17-14;/h7-8,10,16H,1,3-6,9H2,2H3,(H,17,18,19);/q-1;+1. The van der Waals surface area contributed by atoms with Crippen LogP contribution in [0.15, 0.2) is 18.3 Å². The summed E-state index contributed by atoms with van der Waals surface area (Å²) >= 11 is 0. The summed E-state index contributed by atoms with van der Waals surface area (Å²) in [6, 6.07) is 4.15. The number of hydrogen-bond acceptors (Lipinski definition) is 4. The Morgan fingerprint density at radius 2 is 2.19 bits per heavy atom. The second-order valence-electron chi connectivity index (χ2n) is 4.98. The molecule has 0 bridgehead atoms. The van der Waals surface area contributed by atoms with Crippen molar-refractivity contribution >= 4 is 11.6 Å². The molecule has 0 saturated carbocycles. The average molecular weight is 277 g/mol. The number of nitrogens with one attached hydrogen (secondary N) is 2. The summed E-state index contributed by atoms with van der Waals surface area (Å²) in [7, 11) is 0. The summed E-state index contributed by atoms with van der Waals surface area (Å²) in [5.41, 5.74) is 3.79. The van der Waals surface area contributed by atoms with Gasteiger partial charge in [-0.05, 0) is 37.1 Å². The summed E-state index contributed by atoms with van der Waals surface area (Å²) in [6.45, 7) is 8.82. The Morgan fingerprint density at radius 1 is 1.33 bits per heavy atom. The first-order valence-electron chi connectivity index (χ1n) is 7.11. The van der Waals surface area contributed by atoms with E-state index in [1.165, 1.54) is 11.1 Å². The predicted molar refractivity (Wildman–Crippen MR) is 79.9 cm³/mol. The molecule has 106 valence electrons. The molecule has 0 unspecified atom stereocenters. The van der Waals surface area contributed by atoms with Crippen LogP contribution in [0.2, 0.25) is 0 Å². The van der Waals surface area contributed by atoms with Crippen molar-refractivity contribution in [1.29, 1.82) is 0 Å². The molecule has 0 atom stereocenters. The molecule has 5 nitrogen and oxygen atoms in total. The Morgan fingerprint density at radius 3 is 2.90 bits per heavy atom. The van der Waals surface area contributed by atoms with Crippen LogP contribution in [0.3, 0.4) is 0 Å². The average Bonchev–Trinajstić information content (AvgIpc) is 2.89. The third kappa shape index (κ3) is 3.49. The fourth-order valence-electron chi connectivity index (χ4n) is 2.55. The first-order chi connectivity index (χ1) is 9.80. The smallest absolute Gasteiger partial charge is 0.338 e. The number of nitrogens with zero attached hydrogens (tertiary/aromatic N) is 3. The Kier molecular flexibility index (Phi) is 5.46. The van der Waals surface area contributed by atoms with Crippen molar-refractivity contribution in [3.05, 3.63) is 42.1 Å². The monoisotopic (exact) mass is 277 g/mol. The van der Waals surface area contributed by atoms with Crippen molar-refractivity contribution < 1.29 is 18.9 Å². The van der Waals surface area contributed by atoms with E-state index in [4.69, 9.17) is 0 Å². The largest absolute Gasteiger partial charge is 1.00 e. The number of aromatic nitrogens is 3. The Hall–Kier alpha value is -1.28. The minimum atomic E-state index is 0. The molecule has 0 amide bonds. The molecule has 0 saturated heterocycles. The number of anilines is 2. The van der Waals surface area contributed by atoms with Crippen molar-refractivity contribution in [2.45, 2.75) is 32.9 Å². The van der Waals surface area contributed by atoms with Gasteiger partial charge in [0.25, 0.3) is 0 Å². The van der Waals surface area contributed by atoms with E-state index in [9.17, 15) is 0 Å². The molecule has 0 radical (unpaired) electrons. The quantitative estimate of drug-likeness (QED) is 0.560. The number of rotatable bonds is 4. The number of fused-ring (bicyclic) bond motifs is 1. The Bertz CT molecular complexity index is 587. The molecule has 2 N–H and O–H groups in total. The van der Waals surface area contributed by atoms with Gasteiger partial charge in [-0.2, -0.15) is 5.10 Å². The second kappa shape index (κ2) is 7.12. The molecular formula is C15H20LiN5. The summed E-state index contributed by atoms with van der Waals surface area (Å²) in [4.78, 5) is 4.47. The van der Waals surface area contributed by atoms with Crippen LogP contribution in [0.25, 0.3) is 0 Å². The van der Waals surface area contributed by atoms with Gasteiger partial charge in [-0.15, -0.1) is 6.42 Å². The Labute approximate surface area is 137 Å². The van der Waals surface area contributed by atoms with E-state index in [1.54, 1.807) is 0 Å². The summed E-state index contributed by atoms with van der Waals surface area (Å²) in [5, 5.41) is 11.2. The first-order valence-corrected chi connectivity index (χ1v) is 7.11. The zero-order valence-corrected chi connectivity index (χ0v) is 12.8. The van der Waals surface area contributed by atoms with Gasteiger partial charge in [-0.3, -0.25) is 4.68 Å². The third-order valence-electron chi connectivity index (χ3n) is 3.64. The van der Waals surface area contributed by atoms with Crippen LogP contribution in [0.1, 0.15) is 23.7 Å². The van der Waals surface area contributed by atoms with Gasteiger partial charge < -0.3 is 17.6 Å². The van der Waals surface area contributed by atoms with Crippen molar-refractivity contribution in [3.63, 3.8) is 0 Å². The molecule has 2 aromatic heterocycles. The van der Waals surface area contributed by atoms with E-state index in [0.717, 1.165) is 49.8 Å². The van der Waals surface area contributed by atoms with Gasteiger partial charge in [0.1, 0.15) is 5.82 Å². The van der Waals surface area contributed by atoms with Gasteiger partial charge in [-0.1, -0.05) is 0 Å². The van der Waals surface area contributed by atoms with Crippen LogP contribution in [-0.2, 0) is 25.9 Å². The first kappa shape index (κ1) is 16.1. The van der Waals surface area contributed by atoms with Gasteiger partial charge in [0.15, 0.2) is 5.82 Å². The van der Waals surface area contributed by atoms with Gasteiger partial charge in [0.05, 0.1) is 0 Å². The van der Waals surface area contributed by atoms with Crippen LogP contribution < -0.4 is 29.5 Å². The maximum atomic E-state index is 4.52. The number of aryl methyl sites for hydroxylation is 1. The molecule has 1 aliphatic rings. The van der Waals surface area contributed by atoms with Gasteiger partial charge in [0.2, 0.25) is 0 Å². The molecule has 2 aromatic rings. The maximum Gasteiger partial charge on any atom is 1.00 e. The van der Waals surface area contributed by atoms with Crippen molar-refractivity contribution in [3.8, 4) is 0 Å². The van der Waals surface area contributed by atoms with Gasteiger partial charge in [0, 0.05) is 31.0 Å². The number of hydrogen-bond donors (Lipinski definition) is 2. The summed E-state index contributed by atoms with van der Waals surface area (Å²) in [6.07, 6.45) is 3.76. The van der Waals surface area contributed by atoms with Crippen molar-refractivity contribution in [2.75, 3.05) is 11.9 Å². The second-order valence-corrected chi connectivity index (χ2v) is 4.98. The van der Waals surface area contributed by atoms with E-state index in [-0.39, 0.29) is 18.9 Å². The molecule has 6 heteroatoms. The molecule has 0 fully saturated rings. The van der Waals surface area contributed by atoms with Crippen LogP contribution in [-0.4, -0.2) is 21.3 Å². The molecule has 0 aromatic carbocycles. The molecule has 0 aliphatic carbocycles. The van der Waals surface area contributed by atoms with E-state index in [1.807, 2.05) is 16.9 Å². The van der Waals surface area contributed by atoms with E-state index in [2.05, 4.69) is 40.6 Å². The Balaban J connectivity index is 0.00000161. The van der Waals surface area contributed by atoms with Crippen LogP contribution in [0, 0.1) is 6.92 Å². The SMILES string of the molecule is [CH2-]Cc1cc(Nc2cc3c(cn2)CCNC3)nn1CC.[Li+]. The molecule has 21 heavy (non-hydrogen) atoms. The normalized spacial score (nSPS) is 13.4. The van der Waals surface area contributed by atoms with E-state index >= 15 is 0 Å². The predicted octanol–water partition coefficient (Wildman–Crippen LogP) is -0.932. The van der Waals surface area contributed by atoms with E-state index in [0.29, 0.717) is 0 Å². The van der Waals surface area contributed by atoms with Gasteiger partial charge >= 0.3 is 18.9 Å². The third-order valence-corrected chi connectivity index (χ3v) is 3.64. The van der Waals surface area contributed by atoms with Crippen molar-refractivity contribution in [2.24, 2.45) is 0 Å². The summed E-state index contributed by atoms with van der Waals surface area (Å²) < 4.78 is 1.97. The van der Waals surface area contributed by atoms with E-state index < -0.39 is 0 Å². The van der Waals surface area contributed by atoms with Gasteiger partial charge in [-0.25, -0.2) is 4.98 Å². The molecular weight excluding hydrogens is 257 g/mol. The number of pyridine rings is 1. The fraction of sp³-hybridized carbons (Fsp3) is 0.400. The molecule has 1 aliphatic heterocycles. The zero-order chi connectivity index (χ0) is 13.9. The topological polar surface area (TPSA) is 54.8 Å². The molecule has 0 spiro atoms. The minimum absolute atomic E-state index is 0. The van der Waals surface area contributed by atoms with Crippen LogP contribution >= 0.6 is 0 Å². The van der Waals surface area contributed by atoms with Crippen molar-refractivity contribution in [1.82, 2.24) is 20.1 Å². The van der Waals surface area contributed by atoms with Crippen LogP contribution in [0.4, 0.5) is 11.6 Å². The zero-order valence-electron chi connectivity index (χ0n) is 12.8.